The van der Waals surface area contributed by atoms with Gasteiger partial charge < -0.3 is 11.1 Å². The molecule has 1 amide bonds. The van der Waals surface area contributed by atoms with Crippen LogP contribution >= 0.6 is 31.9 Å². The predicted octanol–water partition coefficient (Wildman–Crippen LogP) is 4.19. The minimum absolute atomic E-state index is 0.244. The van der Waals surface area contributed by atoms with E-state index in [1.165, 1.54) is 18.2 Å². The molecule has 0 aliphatic heterocycles. The van der Waals surface area contributed by atoms with E-state index in [1.54, 1.807) is 18.2 Å². The molecule has 0 unspecified atom stereocenters. The molecule has 0 bridgehead atoms. The number of hydrogen-bond acceptors (Lipinski definition) is 2. The molecule has 0 saturated heterocycles. The highest BCUT2D eigenvalue weighted by atomic mass is 79.9. The zero-order valence-corrected chi connectivity index (χ0v) is 12.8. The van der Waals surface area contributed by atoms with Gasteiger partial charge in [0.15, 0.2) is 0 Å². The quantitative estimate of drug-likeness (QED) is 0.759. The summed E-state index contributed by atoms with van der Waals surface area (Å²) < 4.78 is 14.4. The monoisotopic (exact) mass is 386 g/mol. The van der Waals surface area contributed by atoms with Crippen LogP contribution in [0.25, 0.3) is 0 Å². The van der Waals surface area contributed by atoms with Gasteiger partial charge in [-0.25, -0.2) is 4.39 Å². The highest BCUT2D eigenvalue weighted by Crippen LogP contribution is 2.24. The summed E-state index contributed by atoms with van der Waals surface area (Å²) in [5.74, 6) is -0.866. The Morgan fingerprint density at radius 1 is 1.11 bits per heavy atom. The SMILES string of the molecule is Nc1ccc(NC(=O)c2ccc(Br)c(F)c2)cc1Br. The molecule has 2 aromatic rings. The molecule has 2 aromatic carbocycles. The fraction of sp³-hybridized carbons (Fsp3) is 0. The van der Waals surface area contributed by atoms with Gasteiger partial charge in [0.05, 0.1) is 4.47 Å². The summed E-state index contributed by atoms with van der Waals surface area (Å²) in [6, 6.07) is 9.22. The first kappa shape index (κ1) is 14.0. The maximum absolute atomic E-state index is 13.3. The third kappa shape index (κ3) is 3.33. The second kappa shape index (κ2) is 5.71. The standard InChI is InChI=1S/C13H9Br2FN2O/c14-9-3-1-7(5-11(9)16)13(19)18-8-2-4-12(17)10(15)6-8/h1-6H,17H2,(H,18,19). The van der Waals surface area contributed by atoms with E-state index in [1.807, 2.05) is 0 Å². The average molecular weight is 388 g/mol. The third-order valence-electron chi connectivity index (χ3n) is 2.44. The number of hydrogen-bond donors (Lipinski definition) is 2. The molecule has 0 aromatic heterocycles. The smallest absolute Gasteiger partial charge is 0.255 e. The normalized spacial score (nSPS) is 10.3. The van der Waals surface area contributed by atoms with Crippen molar-refractivity contribution in [2.24, 2.45) is 0 Å². The van der Waals surface area contributed by atoms with Gasteiger partial charge in [-0.3, -0.25) is 4.79 Å². The Balaban J connectivity index is 2.20. The number of nitrogen functional groups attached to an aromatic ring is 1. The van der Waals surface area contributed by atoms with E-state index in [2.05, 4.69) is 37.2 Å². The molecule has 6 heteroatoms. The third-order valence-corrected chi connectivity index (χ3v) is 3.77. The van der Waals surface area contributed by atoms with Gasteiger partial charge in [-0.2, -0.15) is 0 Å². The maximum Gasteiger partial charge on any atom is 0.255 e. The lowest BCUT2D eigenvalue weighted by Gasteiger charge is -2.07. The van der Waals surface area contributed by atoms with Crippen molar-refractivity contribution in [2.75, 3.05) is 11.1 Å². The zero-order chi connectivity index (χ0) is 14.0. The van der Waals surface area contributed by atoms with Crippen LogP contribution in [0.5, 0.6) is 0 Å². The molecule has 0 spiro atoms. The Morgan fingerprint density at radius 2 is 1.84 bits per heavy atom. The summed E-state index contributed by atoms with van der Waals surface area (Å²) in [5.41, 5.74) is 7.05. The molecular weight excluding hydrogens is 379 g/mol. The molecule has 0 aliphatic rings. The summed E-state index contributed by atoms with van der Waals surface area (Å²) in [7, 11) is 0. The van der Waals surface area contributed by atoms with Gasteiger partial charge in [0, 0.05) is 21.4 Å². The Hall–Kier alpha value is -1.40. The Labute approximate surface area is 126 Å². The number of carbonyl (C=O) groups excluding carboxylic acids is 1. The van der Waals surface area contributed by atoms with E-state index in [9.17, 15) is 9.18 Å². The van der Waals surface area contributed by atoms with Gasteiger partial charge in [-0.05, 0) is 68.3 Å². The van der Waals surface area contributed by atoms with Crippen LogP contribution in [-0.2, 0) is 0 Å². The average Bonchev–Trinajstić information content (AvgIpc) is 2.37. The van der Waals surface area contributed by atoms with Gasteiger partial charge in [-0.1, -0.05) is 0 Å². The molecule has 98 valence electrons. The van der Waals surface area contributed by atoms with E-state index in [0.29, 0.717) is 20.3 Å². The number of nitrogens with one attached hydrogen (secondary N) is 1. The van der Waals surface area contributed by atoms with Gasteiger partial charge in [0.25, 0.3) is 5.91 Å². The lowest BCUT2D eigenvalue weighted by molar-refractivity contribution is 0.102. The fourth-order valence-electron chi connectivity index (χ4n) is 1.45. The largest absolute Gasteiger partial charge is 0.398 e. The van der Waals surface area contributed by atoms with E-state index in [-0.39, 0.29) is 11.5 Å². The van der Waals surface area contributed by atoms with Crippen LogP contribution in [0.4, 0.5) is 15.8 Å². The predicted molar refractivity (Wildman–Crippen MR) is 80.6 cm³/mol. The summed E-state index contributed by atoms with van der Waals surface area (Å²) in [5, 5.41) is 2.67. The van der Waals surface area contributed by atoms with E-state index < -0.39 is 5.82 Å². The number of anilines is 2. The highest BCUT2D eigenvalue weighted by molar-refractivity contribution is 9.10. The fourth-order valence-corrected chi connectivity index (χ4v) is 2.07. The number of nitrogens with two attached hydrogens (primary N) is 1. The first-order chi connectivity index (χ1) is 8.97. The molecule has 19 heavy (non-hydrogen) atoms. The van der Waals surface area contributed by atoms with Crippen LogP contribution in [0.2, 0.25) is 0 Å². The van der Waals surface area contributed by atoms with E-state index in [4.69, 9.17) is 5.73 Å². The van der Waals surface area contributed by atoms with Crippen molar-refractivity contribution in [2.45, 2.75) is 0 Å². The van der Waals surface area contributed by atoms with Crippen LogP contribution in [0.15, 0.2) is 45.3 Å². The molecule has 0 fully saturated rings. The van der Waals surface area contributed by atoms with Crippen molar-refractivity contribution in [3.05, 3.63) is 56.7 Å². The molecule has 0 radical (unpaired) electrons. The van der Waals surface area contributed by atoms with Crippen LogP contribution < -0.4 is 11.1 Å². The maximum atomic E-state index is 13.3. The van der Waals surface area contributed by atoms with Crippen LogP contribution in [0.1, 0.15) is 10.4 Å². The lowest BCUT2D eigenvalue weighted by Crippen LogP contribution is -2.12. The Bertz CT molecular complexity index is 647. The summed E-state index contributed by atoms with van der Waals surface area (Å²) >= 11 is 6.31. The van der Waals surface area contributed by atoms with Crippen molar-refractivity contribution in [1.29, 1.82) is 0 Å². The van der Waals surface area contributed by atoms with Crippen molar-refractivity contribution >= 4 is 49.1 Å². The van der Waals surface area contributed by atoms with Crippen LogP contribution in [0.3, 0.4) is 0 Å². The topological polar surface area (TPSA) is 55.1 Å². The number of halogens is 3. The molecular formula is C13H9Br2FN2O. The number of amides is 1. The molecule has 0 atom stereocenters. The second-order valence-corrected chi connectivity index (χ2v) is 5.53. The van der Waals surface area contributed by atoms with Crippen molar-refractivity contribution in [1.82, 2.24) is 0 Å². The van der Waals surface area contributed by atoms with Crippen molar-refractivity contribution < 1.29 is 9.18 Å². The number of benzene rings is 2. The van der Waals surface area contributed by atoms with E-state index in [0.717, 1.165) is 0 Å². The summed E-state index contributed by atoms with van der Waals surface area (Å²) in [6.45, 7) is 0. The zero-order valence-electron chi connectivity index (χ0n) is 9.58. The summed E-state index contributed by atoms with van der Waals surface area (Å²) in [4.78, 5) is 11.9. The van der Waals surface area contributed by atoms with Crippen molar-refractivity contribution in [3.8, 4) is 0 Å². The van der Waals surface area contributed by atoms with Crippen molar-refractivity contribution in [3.63, 3.8) is 0 Å². The van der Waals surface area contributed by atoms with Crippen LogP contribution in [0, 0.1) is 5.82 Å². The highest BCUT2D eigenvalue weighted by Gasteiger charge is 2.09. The lowest BCUT2D eigenvalue weighted by atomic mass is 10.2. The minimum atomic E-state index is -0.480. The van der Waals surface area contributed by atoms with Gasteiger partial charge in [-0.15, -0.1) is 0 Å². The first-order valence-electron chi connectivity index (χ1n) is 5.29. The van der Waals surface area contributed by atoms with Gasteiger partial charge in [0.2, 0.25) is 0 Å². The molecule has 0 heterocycles. The first-order valence-corrected chi connectivity index (χ1v) is 6.87. The molecule has 0 aliphatic carbocycles. The number of carbonyl (C=O) groups is 1. The molecule has 3 N–H and O–H groups in total. The second-order valence-electron chi connectivity index (χ2n) is 3.82. The number of rotatable bonds is 2. The minimum Gasteiger partial charge on any atom is -0.398 e. The molecule has 0 saturated carbocycles. The molecule has 2 rings (SSSR count). The van der Waals surface area contributed by atoms with Gasteiger partial charge >= 0.3 is 0 Å². The Morgan fingerprint density at radius 3 is 2.47 bits per heavy atom. The van der Waals surface area contributed by atoms with Gasteiger partial charge in [0.1, 0.15) is 5.82 Å². The summed E-state index contributed by atoms with van der Waals surface area (Å²) in [6.07, 6.45) is 0. The molecule has 3 nitrogen and oxygen atoms in total. The van der Waals surface area contributed by atoms with E-state index >= 15 is 0 Å². The van der Waals surface area contributed by atoms with Crippen LogP contribution in [-0.4, -0.2) is 5.91 Å². The Kier molecular flexibility index (Phi) is 4.21.